The van der Waals surface area contributed by atoms with E-state index in [1.54, 1.807) is 4.90 Å². The molecule has 1 aliphatic rings. The van der Waals surface area contributed by atoms with Gasteiger partial charge in [-0.05, 0) is 25.3 Å². The van der Waals surface area contributed by atoms with Crippen molar-refractivity contribution < 1.29 is 31.6 Å². The summed E-state index contributed by atoms with van der Waals surface area (Å²) in [5, 5.41) is 0. The Balaban J connectivity index is 0.00000312. The molecule has 0 atom stereocenters. The van der Waals surface area contributed by atoms with Crippen LogP contribution in [0, 0.1) is 0 Å². The van der Waals surface area contributed by atoms with Gasteiger partial charge in [0.1, 0.15) is 12.1 Å². The van der Waals surface area contributed by atoms with E-state index >= 15 is 0 Å². The molecule has 1 aromatic carbocycles. The van der Waals surface area contributed by atoms with Gasteiger partial charge in [0.2, 0.25) is 0 Å². The van der Waals surface area contributed by atoms with Crippen LogP contribution >= 0.6 is 0 Å². The van der Waals surface area contributed by atoms with Gasteiger partial charge in [0.25, 0.3) is 0 Å². The molecule has 0 spiro atoms. The average Bonchev–Trinajstić information content (AvgIpc) is 2.63. The number of hydrogen-bond acceptors (Lipinski definition) is 3. The van der Waals surface area contributed by atoms with Crippen molar-refractivity contribution in [3.05, 3.63) is 35.9 Å². The minimum Gasteiger partial charge on any atom is -1.00 e. The number of ether oxygens (including phenoxy) is 2. The molecule has 1 aliphatic heterocycles. The highest BCUT2D eigenvalue weighted by Crippen LogP contribution is 2.28. The Labute approximate surface area is 158 Å². The van der Waals surface area contributed by atoms with Crippen molar-refractivity contribution >= 4 is 5.97 Å². The number of carbonyl (C=O) groups is 1. The van der Waals surface area contributed by atoms with Crippen LogP contribution in [0.5, 0.6) is 0 Å². The number of carbonyl (C=O) groups excluding carboxylic acids is 1. The zero-order chi connectivity index (χ0) is 17.3. The Morgan fingerprint density at radius 3 is 2.44 bits per heavy atom. The molecule has 0 unspecified atom stereocenters. The predicted octanol–water partition coefficient (Wildman–Crippen LogP) is -0.970. The minimum atomic E-state index is -0.280. The van der Waals surface area contributed by atoms with Crippen molar-refractivity contribution in [2.75, 3.05) is 32.8 Å². The molecule has 2 rings (SSSR count). The number of halogens is 1. The fourth-order valence-corrected chi connectivity index (χ4v) is 3.40. The van der Waals surface area contributed by atoms with Gasteiger partial charge >= 0.3 is 5.97 Å². The molecule has 25 heavy (non-hydrogen) atoms. The normalized spacial score (nSPS) is 22.9. The maximum Gasteiger partial charge on any atom is 0.306 e. The third kappa shape index (κ3) is 7.35. The van der Waals surface area contributed by atoms with E-state index < -0.39 is 0 Å². The Hall–Kier alpha value is -1.10. The minimum absolute atomic E-state index is 0. The molecule has 0 saturated carbocycles. The predicted molar refractivity (Wildman–Crippen MR) is 95.2 cm³/mol. The zero-order valence-corrected chi connectivity index (χ0v) is 16.3. The quantitative estimate of drug-likeness (QED) is 0.450. The molecule has 142 valence electrons. The van der Waals surface area contributed by atoms with Crippen LogP contribution in [-0.2, 0) is 20.7 Å². The maximum absolute atomic E-state index is 11.9. The number of hydrogen-bond donors (Lipinski definition) is 1. The summed E-state index contributed by atoms with van der Waals surface area (Å²) in [6.07, 6.45) is 4.24. The van der Waals surface area contributed by atoms with Crippen molar-refractivity contribution in [3.63, 3.8) is 0 Å². The number of rotatable bonds is 9. The van der Waals surface area contributed by atoms with Gasteiger partial charge in [-0.2, -0.15) is 0 Å². The summed E-state index contributed by atoms with van der Waals surface area (Å²) in [5.74, 6) is -0.0687. The van der Waals surface area contributed by atoms with Crippen LogP contribution in [0.15, 0.2) is 30.3 Å². The molecule has 0 radical (unpaired) electrons. The summed E-state index contributed by atoms with van der Waals surface area (Å²) in [6, 6.07) is 10.5. The van der Waals surface area contributed by atoms with E-state index in [4.69, 9.17) is 9.47 Å². The molecule has 1 N–H and O–H groups in total. The number of aryl methyl sites for hydroxylation is 1. The summed E-state index contributed by atoms with van der Waals surface area (Å²) >= 11 is 0. The SMILES string of the molecule is CCOCC[NH+]1CCC(CCc2ccccc2)(OC(=O)CC)CC1.[Cl-]. The number of esters is 1. The summed E-state index contributed by atoms with van der Waals surface area (Å²) in [7, 11) is 0. The molecule has 0 aromatic heterocycles. The topological polar surface area (TPSA) is 40.0 Å². The molecule has 4 nitrogen and oxygen atoms in total. The third-order valence-electron chi connectivity index (χ3n) is 5.00. The first-order valence-corrected chi connectivity index (χ1v) is 9.34. The molecule has 0 bridgehead atoms. The number of likely N-dealkylation sites (tertiary alicyclic amines) is 1. The van der Waals surface area contributed by atoms with Crippen molar-refractivity contribution in [1.82, 2.24) is 0 Å². The molecule has 0 aliphatic carbocycles. The van der Waals surface area contributed by atoms with Gasteiger partial charge in [-0.15, -0.1) is 0 Å². The lowest BCUT2D eigenvalue weighted by molar-refractivity contribution is -0.907. The molecule has 1 fully saturated rings. The van der Waals surface area contributed by atoms with E-state index in [1.807, 2.05) is 19.9 Å². The second-order valence-corrected chi connectivity index (χ2v) is 6.69. The van der Waals surface area contributed by atoms with Gasteiger partial charge in [-0.3, -0.25) is 4.79 Å². The van der Waals surface area contributed by atoms with Crippen molar-refractivity contribution in [3.8, 4) is 0 Å². The van der Waals surface area contributed by atoms with Gasteiger partial charge < -0.3 is 26.8 Å². The van der Waals surface area contributed by atoms with Crippen LogP contribution in [0.2, 0.25) is 0 Å². The van der Waals surface area contributed by atoms with Crippen LogP contribution in [0.1, 0.15) is 45.1 Å². The van der Waals surface area contributed by atoms with E-state index in [1.165, 1.54) is 5.56 Å². The Bertz CT molecular complexity index is 487. The molecule has 0 amide bonds. The molecular formula is C20H32ClNO3. The van der Waals surface area contributed by atoms with Crippen LogP contribution < -0.4 is 17.3 Å². The molecule has 1 aromatic rings. The van der Waals surface area contributed by atoms with Crippen LogP contribution in [0.3, 0.4) is 0 Å². The monoisotopic (exact) mass is 369 g/mol. The standard InChI is InChI=1S/C20H31NO3.ClH/c1-3-19(22)24-20(11-10-18-8-6-5-7-9-18)12-14-21(15-13-20)16-17-23-4-2;/h5-9H,3-4,10-17H2,1-2H3;1H. The van der Waals surface area contributed by atoms with Crippen LogP contribution in [-0.4, -0.2) is 44.4 Å². The number of benzene rings is 1. The molecule has 1 heterocycles. The van der Waals surface area contributed by atoms with Crippen molar-refractivity contribution in [2.45, 2.75) is 51.6 Å². The highest BCUT2D eigenvalue weighted by atomic mass is 35.5. The van der Waals surface area contributed by atoms with Gasteiger partial charge in [-0.25, -0.2) is 0 Å². The molecular weight excluding hydrogens is 338 g/mol. The smallest absolute Gasteiger partial charge is 0.306 e. The maximum atomic E-state index is 11.9. The number of quaternary nitrogens is 1. The van der Waals surface area contributed by atoms with Crippen molar-refractivity contribution in [2.24, 2.45) is 0 Å². The first-order chi connectivity index (χ1) is 11.7. The zero-order valence-electron chi connectivity index (χ0n) is 15.6. The van der Waals surface area contributed by atoms with Crippen LogP contribution in [0.25, 0.3) is 0 Å². The Morgan fingerprint density at radius 2 is 1.84 bits per heavy atom. The summed E-state index contributed by atoms with van der Waals surface area (Å²) in [6.45, 7) is 8.65. The Kier molecular flexibility index (Phi) is 10.1. The van der Waals surface area contributed by atoms with Gasteiger partial charge in [0, 0.05) is 25.9 Å². The van der Waals surface area contributed by atoms with Gasteiger partial charge in [0.15, 0.2) is 0 Å². The number of nitrogens with one attached hydrogen (secondary N) is 1. The fourth-order valence-electron chi connectivity index (χ4n) is 3.40. The van der Waals surface area contributed by atoms with E-state index in [0.29, 0.717) is 6.42 Å². The molecule has 1 saturated heterocycles. The van der Waals surface area contributed by atoms with Crippen molar-refractivity contribution in [1.29, 1.82) is 0 Å². The largest absolute Gasteiger partial charge is 1.00 e. The lowest BCUT2D eigenvalue weighted by atomic mass is 9.85. The fraction of sp³-hybridized carbons (Fsp3) is 0.650. The highest BCUT2D eigenvalue weighted by molar-refractivity contribution is 5.69. The molecule has 5 heteroatoms. The first-order valence-electron chi connectivity index (χ1n) is 9.34. The average molecular weight is 370 g/mol. The third-order valence-corrected chi connectivity index (χ3v) is 5.00. The Morgan fingerprint density at radius 1 is 1.16 bits per heavy atom. The van der Waals surface area contributed by atoms with E-state index in [-0.39, 0.29) is 24.0 Å². The van der Waals surface area contributed by atoms with E-state index in [0.717, 1.165) is 58.5 Å². The second kappa shape index (κ2) is 11.5. The number of piperidine rings is 1. The van der Waals surface area contributed by atoms with Crippen LogP contribution in [0.4, 0.5) is 0 Å². The van der Waals surface area contributed by atoms with Gasteiger partial charge in [-0.1, -0.05) is 37.3 Å². The van der Waals surface area contributed by atoms with Gasteiger partial charge in [0.05, 0.1) is 19.7 Å². The highest BCUT2D eigenvalue weighted by Gasteiger charge is 2.39. The van der Waals surface area contributed by atoms with E-state index in [9.17, 15) is 4.79 Å². The lowest BCUT2D eigenvalue weighted by Crippen LogP contribution is -3.14. The van der Waals surface area contributed by atoms with E-state index in [2.05, 4.69) is 24.3 Å². The summed E-state index contributed by atoms with van der Waals surface area (Å²) in [5.41, 5.74) is 1.04. The lowest BCUT2D eigenvalue weighted by Gasteiger charge is -2.39. The second-order valence-electron chi connectivity index (χ2n) is 6.69. The first kappa shape index (κ1) is 21.9. The summed E-state index contributed by atoms with van der Waals surface area (Å²) in [4.78, 5) is 13.5. The summed E-state index contributed by atoms with van der Waals surface area (Å²) < 4.78 is 11.4.